The van der Waals surface area contributed by atoms with Gasteiger partial charge >= 0.3 is 6.01 Å². The number of aromatic nitrogens is 2. The molecule has 0 atom stereocenters. The van der Waals surface area contributed by atoms with Gasteiger partial charge in [0, 0.05) is 30.3 Å². The Balaban J connectivity index is 1.33. The molecule has 0 bridgehead atoms. The third kappa shape index (κ3) is 5.41. The molecule has 2 heterocycles. The summed E-state index contributed by atoms with van der Waals surface area (Å²) in [6.07, 6.45) is 1.41. The van der Waals surface area contributed by atoms with Crippen molar-refractivity contribution in [2.45, 2.75) is 26.7 Å². The Morgan fingerprint density at radius 1 is 1.06 bits per heavy atom. The lowest BCUT2D eigenvalue weighted by Gasteiger charge is -2.29. The van der Waals surface area contributed by atoms with Gasteiger partial charge in [-0.25, -0.2) is 0 Å². The maximum absolute atomic E-state index is 12.7. The van der Waals surface area contributed by atoms with Gasteiger partial charge in [0.15, 0.2) is 11.5 Å². The summed E-state index contributed by atoms with van der Waals surface area (Å²) in [5, 5.41) is 7.13. The van der Waals surface area contributed by atoms with E-state index in [4.69, 9.17) is 18.7 Å². The Bertz CT molecular complexity index is 1090. The van der Waals surface area contributed by atoms with Crippen LogP contribution in [0, 0.1) is 5.92 Å². The van der Waals surface area contributed by atoms with Crippen LogP contribution in [0.1, 0.15) is 26.7 Å². The zero-order valence-corrected chi connectivity index (χ0v) is 19.7. The van der Waals surface area contributed by atoms with E-state index in [0.29, 0.717) is 62.5 Å². The molecule has 1 fully saturated rings. The van der Waals surface area contributed by atoms with Crippen molar-refractivity contribution in [1.82, 2.24) is 10.1 Å². The smallest absolute Gasteiger partial charge is 0.324 e. The van der Waals surface area contributed by atoms with Gasteiger partial charge in [0.1, 0.15) is 5.75 Å². The summed E-state index contributed by atoms with van der Waals surface area (Å²) in [6, 6.07) is 13.4. The fourth-order valence-electron chi connectivity index (χ4n) is 3.92. The van der Waals surface area contributed by atoms with E-state index in [-0.39, 0.29) is 11.8 Å². The van der Waals surface area contributed by atoms with E-state index in [2.05, 4.69) is 15.5 Å². The summed E-state index contributed by atoms with van der Waals surface area (Å²) in [6.45, 7) is 6.35. The van der Waals surface area contributed by atoms with Gasteiger partial charge in [0.2, 0.25) is 11.7 Å². The van der Waals surface area contributed by atoms with Crippen LogP contribution < -0.4 is 24.4 Å². The molecule has 1 aliphatic heterocycles. The molecule has 2 aromatic carbocycles. The van der Waals surface area contributed by atoms with Crippen LogP contribution in [-0.2, 0) is 4.79 Å². The predicted molar refractivity (Wildman–Crippen MR) is 129 cm³/mol. The molecule has 9 heteroatoms. The summed E-state index contributed by atoms with van der Waals surface area (Å²) in [4.78, 5) is 19.3. The molecule has 4 rings (SSSR count). The minimum Gasteiger partial charge on any atom is -0.494 e. The number of nitrogens with one attached hydrogen (secondary N) is 1. The van der Waals surface area contributed by atoms with Crippen LogP contribution in [0.5, 0.6) is 17.2 Å². The highest BCUT2D eigenvalue weighted by Crippen LogP contribution is 2.32. The van der Waals surface area contributed by atoms with Crippen molar-refractivity contribution < 1.29 is 23.5 Å². The number of hydrogen-bond acceptors (Lipinski definition) is 8. The van der Waals surface area contributed by atoms with Gasteiger partial charge < -0.3 is 29.0 Å². The molecule has 0 unspecified atom stereocenters. The standard InChI is InChI=1S/C25H30N4O5/c1-4-32-20-9-7-19(8-10-20)26-24(30)17-12-14-29(15-13-17)25-27-23(28-34-25)18-6-11-21(33-5-2)22(16-18)31-3/h6-11,16-17H,4-5,12-15H2,1-3H3,(H,26,30). The number of benzene rings is 2. The maximum Gasteiger partial charge on any atom is 0.324 e. The normalized spacial score (nSPS) is 14.0. The summed E-state index contributed by atoms with van der Waals surface area (Å²) in [5.74, 6) is 2.51. The number of methoxy groups -OCH3 is 1. The predicted octanol–water partition coefficient (Wildman–Crippen LogP) is 4.40. The second-order valence-corrected chi connectivity index (χ2v) is 7.91. The molecular weight excluding hydrogens is 436 g/mol. The quantitative estimate of drug-likeness (QED) is 0.496. The number of piperidine rings is 1. The lowest BCUT2D eigenvalue weighted by Crippen LogP contribution is -2.38. The fourth-order valence-corrected chi connectivity index (χ4v) is 3.92. The average Bonchev–Trinajstić information content (AvgIpc) is 3.36. The molecule has 0 radical (unpaired) electrons. The minimum atomic E-state index is -0.0689. The molecule has 0 spiro atoms. The van der Waals surface area contributed by atoms with E-state index in [9.17, 15) is 4.79 Å². The molecular formula is C25H30N4O5. The van der Waals surface area contributed by atoms with E-state index >= 15 is 0 Å². The summed E-state index contributed by atoms with van der Waals surface area (Å²) in [5.41, 5.74) is 1.54. The second kappa shape index (κ2) is 10.9. The number of hydrogen-bond donors (Lipinski definition) is 1. The number of anilines is 2. The van der Waals surface area contributed by atoms with Crippen molar-refractivity contribution >= 4 is 17.6 Å². The van der Waals surface area contributed by atoms with Crippen LogP contribution in [0.15, 0.2) is 47.0 Å². The molecule has 180 valence electrons. The van der Waals surface area contributed by atoms with Crippen LogP contribution >= 0.6 is 0 Å². The van der Waals surface area contributed by atoms with E-state index in [1.165, 1.54) is 0 Å². The highest BCUT2D eigenvalue weighted by molar-refractivity contribution is 5.92. The van der Waals surface area contributed by atoms with Crippen molar-refractivity contribution in [1.29, 1.82) is 0 Å². The topological polar surface area (TPSA) is 99.0 Å². The molecule has 0 aliphatic carbocycles. The SMILES string of the molecule is CCOc1ccc(NC(=O)C2CCN(c3nc(-c4ccc(OCC)c(OC)c4)no3)CC2)cc1. The van der Waals surface area contributed by atoms with Gasteiger partial charge in [0.25, 0.3) is 0 Å². The average molecular weight is 467 g/mol. The Labute approximate surface area is 199 Å². The fraction of sp³-hybridized carbons (Fsp3) is 0.400. The highest BCUT2D eigenvalue weighted by Gasteiger charge is 2.28. The largest absolute Gasteiger partial charge is 0.494 e. The van der Waals surface area contributed by atoms with E-state index in [1.807, 2.05) is 61.2 Å². The Hall–Kier alpha value is -3.75. The van der Waals surface area contributed by atoms with Gasteiger partial charge in [-0.3, -0.25) is 4.79 Å². The molecule has 1 saturated heterocycles. The minimum absolute atomic E-state index is 0.0245. The van der Waals surface area contributed by atoms with Gasteiger partial charge in [-0.1, -0.05) is 5.16 Å². The highest BCUT2D eigenvalue weighted by atomic mass is 16.5. The summed E-state index contributed by atoms with van der Waals surface area (Å²) < 4.78 is 21.9. The second-order valence-electron chi connectivity index (χ2n) is 7.91. The van der Waals surface area contributed by atoms with Gasteiger partial charge in [-0.05, 0) is 69.2 Å². The number of ether oxygens (including phenoxy) is 3. The first-order chi connectivity index (χ1) is 16.6. The number of amides is 1. The van der Waals surface area contributed by atoms with Crippen molar-refractivity contribution in [2.75, 3.05) is 43.6 Å². The third-order valence-corrected chi connectivity index (χ3v) is 5.71. The van der Waals surface area contributed by atoms with Crippen LogP contribution in [0.2, 0.25) is 0 Å². The van der Waals surface area contributed by atoms with E-state index < -0.39 is 0 Å². The molecule has 0 saturated carbocycles. The Morgan fingerprint density at radius 2 is 1.79 bits per heavy atom. The molecule has 1 aromatic heterocycles. The van der Waals surface area contributed by atoms with Gasteiger partial charge in [-0.15, -0.1) is 0 Å². The maximum atomic E-state index is 12.7. The van der Waals surface area contributed by atoms with Crippen molar-refractivity contribution in [3.63, 3.8) is 0 Å². The van der Waals surface area contributed by atoms with E-state index in [0.717, 1.165) is 17.0 Å². The van der Waals surface area contributed by atoms with Crippen molar-refractivity contribution in [3.05, 3.63) is 42.5 Å². The van der Waals surface area contributed by atoms with E-state index in [1.54, 1.807) is 7.11 Å². The number of rotatable bonds is 9. The lowest BCUT2D eigenvalue weighted by atomic mass is 9.96. The van der Waals surface area contributed by atoms with Gasteiger partial charge in [-0.2, -0.15) is 4.98 Å². The summed E-state index contributed by atoms with van der Waals surface area (Å²) in [7, 11) is 1.60. The lowest BCUT2D eigenvalue weighted by molar-refractivity contribution is -0.120. The molecule has 1 amide bonds. The molecule has 9 nitrogen and oxygen atoms in total. The molecule has 1 N–H and O–H groups in total. The third-order valence-electron chi connectivity index (χ3n) is 5.71. The molecule has 34 heavy (non-hydrogen) atoms. The van der Waals surface area contributed by atoms with Crippen LogP contribution in [0.4, 0.5) is 11.7 Å². The number of carbonyl (C=O) groups excluding carboxylic acids is 1. The van der Waals surface area contributed by atoms with Crippen LogP contribution in [0.3, 0.4) is 0 Å². The van der Waals surface area contributed by atoms with Crippen LogP contribution in [0.25, 0.3) is 11.4 Å². The molecule has 3 aromatic rings. The van der Waals surface area contributed by atoms with Crippen molar-refractivity contribution in [3.8, 4) is 28.6 Å². The van der Waals surface area contributed by atoms with Crippen molar-refractivity contribution in [2.24, 2.45) is 5.92 Å². The zero-order valence-electron chi connectivity index (χ0n) is 19.7. The summed E-state index contributed by atoms with van der Waals surface area (Å²) >= 11 is 0. The first-order valence-corrected chi connectivity index (χ1v) is 11.5. The Morgan fingerprint density at radius 3 is 2.47 bits per heavy atom. The Kier molecular flexibility index (Phi) is 7.51. The van der Waals surface area contributed by atoms with Gasteiger partial charge in [0.05, 0.1) is 20.3 Å². The monoisotopic (exact) mass is 466 g/mol. The first kappa shape index (κ1) is 23.4. The molecule has 1 aliphatic rings. The van der Waals surface area contributed by atoms with Crippen LogP contribution in [-0.4, -0.2) is 49.5 Å². The number of nitrogens with zero attached hydrogens (tertiary/aromatic N) is 3. The number of carbonyl (C=O) groups is 1. The zero-order chi connectivity index (χ0) is 23.9. The first-order valence-electron chi connectivity index (χ1n) is 11.5.